The number of rotatable bonds is 4. The summed E-state index contributed by atoms with van der Waals surface area (Å²) in [4.78, 5) is 8.39. The summed E-state index contributed by atoms with van der Waals surface area (Å²) in [5.74, 6) is 0.208. The molecule has 2 rings (SSSR count). The number of hydrogen-bond acceptors (Lipinski definition) is 4. The Morgan fingerprint density at radius 2 is 1.86 bits per heavy atom. The van der Waals surface area contributed by atoms with E-state index in [1.165, 1.54) is 18.2 Å². The summed E-state index contributed by atoms with van der Waals surface area (Å²) in [5.41, 5.74) is 1.49. The van der Waals surface area contributed by atoms with Crippen LogP contribution in [0, 0.1) is 6.92 Å². The van der Waals surface area contributed by atoms with Gasteiger partial charge in [0.25, 0.3) is 0 Å². The van der Waals surface area contributed by atoms with Crippen molar-refractivity contribution in [1.29, 1.82) is 0 Å². The highest BCUT2D eigenvalue weighted by molar-refractivity contribution is 5.33. The third kappa shape index (κ3) is 4.16. The Morgan fingerprint density at radius 3 is 2.43 bits per heavy atom. The first kappa shape index (κ1) is 15.2. The highest BCUT2D eigenvalue weighted by atomic mass is 19.4. The van der Waals surface area contributed by atoms with Crippen molar-refractivity contribution >= 4 is 0 Å². The summed E-state index contributed by atoms with van der Waals surface area (Å²) in [6.07, 6.45) is -1.40. The Bertz CT molecular complexity index is 599. The zero-order valence-electron chi connectivity index (χ0n) is 11.5. The molecule has 112 valence electrons. The number of ether oxygens (including phenoxy) is 1. The molecule has 0 aliphatic carbocycles. The van der Waals surface area contributed by atoms with Gasteiger partial charge in [-0.15, -0.1) is 13.2 Å². The largest absolute Gasteiger partial charge is 0.573 e. The zero-order valence-corrected chi connectivity index (χ0v) is 11.5. The number of aryl methyl sites for hydroxylation is 1. The lowest BCUT2D eigenvalue weighted by Crippen LogP contribution is -2.21. The van der Waals surface area contributed by atoms with Gasteiger partial charge in [-0.05, 0) is 37.2 Å². The SMILES string of the molecule is CNC(c1cccc(OC(F)(F)F)c1)c1ncc(C)cn1. The van der Waals surface area contributed by atoms with Crippen molar-refractivity contribution in [2.45, 2.75) is 19.3 Å². The molecule has 1 heterocycles. The highest BCUT2D eigenvalue weighted by Gasteiger charge is 2.31. The number of aromatic nitrogens is 2. The van der Waals surface area contributed by atoms with E-state index in [0.29, 0.717) is 11.4 Å². The molecule has 1 N–H and O–H groups in total. The van der Waals surface area contributed by atoms with E-state index in [0.717, 1.165) is 5.56 Å². The van der Waals surface area contributed by atoms with Gasteiger partial charge in [0.2, 0.25) is 0 Å². The lowest BCUT2D eigenvalue weighted by atomic mass is 10.1. The van der Waals surface area contributed by atoms with E-state index in [1.54, 1.807) is 25.5 Å². The van der Waals surface area contributed by atoms with Gasteiger partial charge in [-0.1, -0.05) is 12.1 Å². The van der Waals surface area contributed by atoms with Gasteiger partial charge in [-0.2, -0.15) is 0 Å². The molecule has 1 aromatic heterocycles. The Morgan fingerprint density at radius 1 is 1.19 bits per heavy atom. The Hall–Kier alpha value is -2.15. The number of nitrogens with zero attached hydrogens (tertiary/aromatic N) is 2. The van der Waals surface area contributed by atoms with Gasteiger partial charge in [-0.25, -0.2) is 9.97 Å². The van der Waals surface area contributed by atoms with Crippen LogP contribution >= 0.6 is 0 Å². The first-order valence-electron chi connectivity index (χ1n) is 6.20. The van der Waals surface area contributed by atoms with Crippen LogP contribution in [0.5, 0.6) is 5.75 Å². The maximum atomic E-state index is 12.3. The van der Waals surface area contributed by atoms with Crippen molar-refractivity contribution in [2.24, 2.45) is 0 Å². The van der Waals surface area contributed by atoms with Gasteiger partial charge in [0, 0.05) is 12.4 Å². The first-order valence-corrected chi connectivity index (χ1v) is 6.20. The van der Waals surface area contributed by atoms with Gasteiger partial charge in [0.15, 0.2) is 0 Å². The molecule has 0 saturated carbocycles. The Balaban J connectivity index is 2.30. The fourth-order valence-corrected chi connectivity index (χ4v) is 1.89. The van der Waals surface area contributed by atoms with Crippen molar-refractivity contribution in [2.75, 3.05) is 7.05 Å². The monoisotopic (exact) mass is 297 g/mol. The van der Waals surface area contributed by atoms with E-state index in [1.807, 2.05) is 6.92 Å². The average Bonchev–Trinajstić information content (AvgIpc) is 2.40. The van der Waals surface area contributed by atoms with Crippen molar-refractivity contribution in [3.8, 4) is 5.75 Å². The van der Waals surface area contributed by atoms with Crippen molar-refractivity contribution in [1.82, 2.24) is 15.3 Å². The van der Waals surface area contributed by atoms with E-state index in [4.69, 9.17) is 0 Å². The molecule has 0 bridgehead atoms. The highest BCUT2D eigenvalue weighted by Crippen LogP contribution is 2.27. The maximum absolute atomic E-state index is 12.3. The molecule has 0 saturated heterocycles. The summed E-state index contributed by atoms with van der Waals surface area (Å²) in [6, 6.07) is 5.34. The van der Waals surface area contributed by atoms with E-state index in [9.17, 15) is 13.2 Å². The molecule has 0 aliphatic heterocycles. The molecule has 7 heteroatoms. The first-order chi connectivity index (χ1) is 9.89. The van der Waals surface area contributed by atoms with Crippen LogP contribution in [0.3, 0.4) is 0 Å². The molecule has 0 spiro atoms. The minimum atomic E-state index is -4.71. The van der Waals surface area contributed by atoms with E-state index in [-0.39, 0.29) is 5.75 Å². The molecule has 0 amide bonds. The average molecular weight is 297 g/mol. The molecule has 4 nitrogen and oxygen atoms in total. The molecular formula is C14H14F3N3O. The van der Waals surface area contributed by atoms with Gasteiger partial charge < -0.3 is 10.1 Å². The molecular weight excluding hydrogens is 283 g/mol. The van der Waals surface area contributed by atoms with Crippen LogP contribution in [-0.4, -0.2) is 23.4 Å². The Labute approximate surface area is 120 Å². The lowest BCUT2D eigenvalue weighted by molar-refractivity contribution is -0.274. The quantitative estimate of drug-likeness (QED) is 0.942. The predicted molar refractivity (Wildman–Crippen MR) is 70.8 cm³/mol. The molecule has 1 atom stereocenters. The van der Waals surface area contributed by atoms with Crippen LogP contribution in [0.25, 0.3) is 0 Å². The van der Waals surface area contributed by atoms with Crippen LogP contribution in [0.4, 0.5) is 13.2 Å². The van der Waals surface area contributed by atoms with Crippen LogP contribution in [0.15, 0.2) is 36.7 Å². The third-order valence-corrected chi connectivity index (χ3v) is 2.77. The number of nitrogens with one attached hydrogen (secondary N) is 1. The topological polar surface area (TPSA) is 47.0 Å². The summed E-state index contributed by atoms with van der Waals surface area (Å²) in [5, 5.41) is 2.98. The van der Waals surface area contributed by atoms with Crippen LogP contribution in [0.2, 0.25) is 0 Å². The number of benzene rings is 1. The van der Waals surface area contributed by atoms with Crippen LogP contribution < -0.4 is 10.1 Å². The maximum Gasteiger partial charge on any atom is 0.573 e. The second kappa shape index (κ2) is 6.09. The zero-order chi connectivity index (χ0) is 15.5. The van der Waals surface area contributed by atoms with Gasteiger partial charge in [0.05, 0.1) is 6.04 Å². The molecule has 21 heavy (non-hydrogen) atoms. The lowest BCUT2D eigenvalue weighted by Gasteiger charge is -2.16. The third-order valence-electron chi connectivity index (χ3n) is 2.77. The normalized spacial score (nSPS) is 13.0. The van der Waals surface area contributed by atoms with Crippen molar-refractivity contribution in [3.63, 3.8) is 0 Å². The smallest absolute Gasteiger partial charge is 0.406 e. The number of alkyl halides is 3. The second-order valence-electron chi connectivity index (χ2n) is 4.46. The number of halogens is 3. The standard InChI is InChI=1S/C14H14F3N3O/c1-9-7-19-13(20-8-9)12(18-2)10-4-3-5-11(6-10)21-14(15,16)17/h3-8,12,18H,1-2H3. The second-order valence-corrected chi connectivity index (χ2v) is 4.46. The number of hydrogen-bond donors (Lipinski definition) is 1. The molecule has 1 unspecified atom stereocenters. The summed E-state index contributed by atoms with van der Waals surface area (Å²) >= 11 is 0. The molecule has 1 aromatic carbocycles. The fraction of sp³-hybridized carbons (Fsp3) is 0.286. The minimum Gasteiger partial charge on any atom is -0.406 e. The van der Waals surface area contributed by atoms with Crippen LogP contribution in [0.1, 0.15) is 23.0 Å². The molecule has 0 radical (unpaired) electrons. The summed E-state index contributed by atoms with van der Waals surface area (Å²) in [6.45, 7) is 1.86. The van der Waals surface area contributed by atoms with E-state index >= 15 is 0 Å². The molecule has 0 fully saturated rings. The van der Waals surface area contributed by atoms with Crippen LogP contribution in [-0.2, 0) is 0 Å². The van der Waals surface area contributed by atoms with E-state index < -0.39 is 12.4 Å². The minimum absolute atomic E-state index is 0.271. The van der Waals surface area contributed by atoms with Gasteiger partial charge >= 0.3 is 6.36 Å². The van der Waals surface area contributed by atoms with E-state index in [2.05, 4.69) is 20.0 Å². The Kier molecular flexibility index (Phi) is 4.42. The predicted octanol–water partition coefficient (Wildman–Crippen LogP) is 2.99. The van der Waals surface area contributed by atoms with Crippen molar-refractivity contribution < 1.29 is 17.9 Å². The van der Waals surface area contributed by atoms with Crippen molar-refractivity contribution in [3.05, 3.63) is 53.6 Å². The fourth-order valence-electron chi connectivity index (χ4n) is 1.89. The van der Waals surface area contributed by atoms with Gasteiger partial charge in [0.1, 0.15) is 11.6 Å². The molecule has 0 aliphatic rings. The molecule has 2 aromatic rings. The summed E-state index contributed by atoms with van der Waals surface area (Å²) < 4.78 is 40.7. The summed E-state index contributed by atoms with van der Waals surface area (Å²) in [7, 11) is 1.69. The van der Waals surface area contributed by atoms with Gasteiger partial charge in [-0.3, -0.25) is 0 Å².